The molecule has 1 N–H and O–H groups in total. The van der Waals surface area contributed by atoms with Gasteiger partial charge in [0.05, 0.1) is 22.5 Å². The number of amides is 1. The van der Waals surface area contributed by atoms with Crippen molar-refractivity contribution < 1.29 is 26.4 Å². The summed E-state index contributed by atoms with van der Waals surface area (Å²) in [5.41, 5.74) is -1.79. The molecule has 0 aromatic heterocycles. The number of sulfone groups is 1. The van der Waals surface area contributed by atoms with E-state index < -0.39 is 38.9 Å². The van der Waals surface area contributed by atoms with Crippen LogP contribution in [0, 0.1) is 0 Å². The van der Waals surface area contributed by atoms with Gasteiger partial charge >= 0.3 is 6.18 Å². The molecule has 0 saturated carbocycles. The van der Waals surface area contributed by atoms with Gasteiger partial charge in [-0.3, -0.25) is 4.79 Å². The van der Waals surface area contributed by atoms with Crippen molar-refractivity contribution in [1.82, 2.24) is 5.32 Å². The van der Waals surface area contributed by atoms with Crippen LogP contribution in [-0.4, -0.2) is 31.9 Å². The van der Waals surface area contributed by atoms with Gasteiger partial charge in [0.25, 0.3) is 0 Å². The molecular weight excluding hydrogens is 331 g/mol. The van der Waals surface area contributed by atoms with Crippen molar-refractivity contribution in [3.63, 3.8) is 0 Å². The summed E-state index contributed by atoms with van der Waals surface area (Å²) in [7, 11) is -3.14. The Morgan fingerprint density at radius 2 is 1.83 bits per heavy atom. The van der Waals surface area contributed by atoms with Crippen LogP contribution in [-0.2, 0) is 26.2 Å². The highest BCUT2D eigenvalue weighted by atomic mass is 32.2. The normalized spacial score (nSPS) is 21.2. The largest absolute Gasteiger partial charge is 0.416 e. The first-order chi connectivity index (χ1) is 10.4. The molecule has 2 rings (SSSR count). The summed E-state index contributed by atoms with van der Waals surface area (Å²) >= 11 is 0. The highest BCUT2D eigenvalue weighted by Gasteiger charge is 2.37. The number of alkyl halides is 3. The molecule has 1 saturated heterocycles. The van der Waals surface area contributed by atoms with Crippen molar-refractivity contribution in [2.75, 3.05) is 11.5 Å². The molecule has 1 amide bonds. The summed E-state index contributed by atoms with van der Waals surface area (Å²) in [5, 5.41) is 2.63. The Balaban J connectivity index is 2.19. The molecule has 128 valence electrons. The van der Waals surface area contributed by atoms with Crippen molar-refractivity contribution in [2.45, 2.75) is 37.9 Å². The van der Waals surface area contributed by atoms with E-state index in [1.54, 1.807) is 0 Å². The zero-order chi connectivity index (χ0) is 17.5. The lowest BCUT2D eigenvalue weighted by molar-refractivity contribution is -0.138. The number of halogens is 3. The summed E-state index contributed by atoms with van der Waals surface area (Å²) in [6.45, 7) is 3.03. The van der Waals surface area contributed by atoms with Crippen LogP contribution in [0.25, 0.3) is 0 Å². The molecule has 1 aromatic carbocycles. The Hall–Kier alpha value is -1.57. The maximum Gasteiger partial charge on any atom is 0.416 e. The molecule has 1 aliphatic heterocycles. The van der Waals surface area contributed by atoms with Gasteiger partial charge in [-0.2, -0.15) is 13.2 Å². The van der Waals surface area contributed by atoms with Gasteiger partial charge in [0.1, 0.15) is 0 Å². The average molecular weight is 349 g/mol. The first-order valence-electron chi connectivity index (χ1n) is 7.11. The molecular formula is C15H18F3NO3S. The van der Waals surface area contributed by atoms with Gasteiger partial charge in [0.2, 0.25) is 5.91 Å². The minimum absolute atomic E-state index is 0.0158. The van der Waals surface area contributed by atoms with E-state index in [1.165, 1.54) is 26.0 Å². The Bertz CT molecular complexity index is 711. The van der Waals surface area contributed by atoms with Crippen molar-refractivity contribution >= 4 is 15.7 Å². The van der Waals surface area contributed by atoms with Crippen molar-refractivity contribution in [3.8, 4) is 0 Å². The second kappa shape index (κ2) is 5.81. The maximum absolute atomic E-state index is 12.8. The van der Waals surface area contributed by atoms with Gasteiger partial charge in [0.15, 0.2) is 9.84 Å². The Morgan fingerprint density at radius 1 is 1.22 bits per heavy atom. The third-order valence-electron chi connectivity index (χ3n) is 4.05. The van der Waals surface area contributed by atoms with Crippen LogP contribution in [0.5, 0.6) is 0 Å². The Kier molecular flexibility index (Phi) is 4.49. The van der Waals surface area contributed by atoms with Gasteiger partial charge in [0, 0.05) is 6.04 Å². The molecule has 0 unspecified atom stereocenters. The number of carbonyl (C=O) groups is 1. The molecule has 0 radical (unpaired) electrons. The second-order valence-electron chi connectivity index (χ2n) is 6.28. The average Bonchev–Trinajstić information content (AvgIpc) is 2.77. The lowest BCUT2D eigenvalue weighted by Gasteiger charge is -2.26. The summed E-state index contributed by atoms with van der Waals surface area (Å²) in [6.07, 6.45) is -4.16. The lowest BCUT2D eigenvalue weighted by Crippen LogP contribution is -2.45. The Morgan fingerprint density at radius 3 is 2.35 bits per heavy atom. The summed E-state index contributed by atoms with van der Waals surface area (Å²) in [5.74, 6) is -0.599. The molecule has 1 heterocycles. The molecule has 4 nitrogen and oxygen atoms in total. The molecule has 1 aliphatic rings. The van der Waals surface area contributed by atoms with Gasteiger partial charge in [-0.1, -0.05) is 18.2 Å². The van der Waals surface area contributed by atoms with Crippen LogP contribution in [0.4, 0.5) is 13.2 Å². The summed E-state index contributed by atoms with van der Waals surface area (Å²) in [6, 6.07) is 4.12. The SMILES string of the molecule is CC(C)(C(=O)N[C@@H]1CCS(=O)(=O)C1)c1cccc(C(F)(F)F)c1. The third-order valence-corrected chi connectivity index (χ3v) is 5.81. The highest BCUT2D eigenvalue weighted by Crippen LogP contribution is 2.33. The molecule has 1 atom stereocenters. The maximum atomic E-state index is 12.8. The van der Waals surface area contributed by atoms with E-state index >= 15 is 0 Å². The zero-order valence-electron chi connectivity index (χ0n) is 12.8. The zero-order valence-corrected chi connectivity index (χ0v) is 13.6. The van der Waals surface area contributed by atoms with E-state index in [0.717, 1.165) is 12.1 Å². The fraction of sp³-hybridized carbons (Fsp3) is 0.533. The minimum atomic E-state index is -4.48. The second-order valence-corrected chi connectivity index (χ2v) is 8.51. The van der Waals surface area contributed by atoms with E-state index in [1.807, 2.05) is 0 Å². The molecule has 1 fully saturated rings. The third kappa shape index (κ3) is 4.04. The van der Waals surface area contributed by atoms with Crippen LogP contribution in [0.3, 0.4) is 0 Å². The lowest BCUT2D eigenvalue weighted by atomic mass is 9.82. The van der Waals surface area contributed by atoms with Crippen LogP contribution in [0.2, 0.25) is 0 Å². The number of nitrogens with one attached hydrogen (secondary N) is 1. The topological polar surface area (TPSA) is 63.2 Å². The standard InChI is InChI=1S/C15H18F3NO3S/c1-14(2,10-4-3-5-11(8-10)15(16,17)18)13(20)19-12-6-7-23(21,22)9-12/h3-5,8,12H,6-7,9H2,1-2H3,(H,19,20)/t12-/m1/s1. The number of carbonyl (C=O) groups excluding carboxylic acids is 1. The van der Waals surface area contributed by atoms with Crippen LogP contribution >= 0.6 is 0 Å². The molecule has 23 heavy (non-hydrogen) atoms. The van der Waals surface area contributed by atoms with Gasteiger partial charge in [-0.15, -0.1) is 0 Å². The molecule has 1 aromatic rings. The molecule has 0 spiro atoms. The van der Waals surface area contributed by atoms with Crippen molar-refractivity contribution in [1.29, 1.82) is 0 Å². The fourth-order valence-corrected chi connectivity index (χ4v) is 4.16. The fourth-order valence-electron chi connectivity index (χ4n) is 2.49. The van der Waals surface area contributed by atoms with Gasteiger partial charge < -0.3 is 5.32 Å². The first-order valence-corrected chi connectivity index (χ1v) is 8.93. The van der Waals surface area contributed by atoms with E-state index in [0.29, 0.717) is 6.42 Å². The number of hydrogen-bond donors (Lipinski definition) is 1. The first kappa shape index (κ1) is 17.8. The smallest absolute Gasteiger partial charge is 0.352 e. The predicted octanol–water partition coefficient (Wildman–Crippen LogP) is 2.29. The van der Waals surface area contributed by atoms with E-state index in [4.69, 9.17) is 0 Å². The van der Waals surface area contributed by atoms with Crippen LogP contribution < -0.4 is 5.32 Å². The van der Waals surface area contributed by atoms with Crippen molar-refractivity contribution in [3.05, 3.63) is 35.4 Å². The van der Waals surface area contributed by atoms with E-state index in [-0.39, 0.29) is 17.1 Å². The number of benzene rings is 1. The molecule has 8 heteroatoms. The number of rotatable bonds is 3. The predicted molar refractivity (Wildman–Crippen MR) is 79.7 cm³/mol. The highest BCUT2D eigenvalue weighted by molar-refractivity contribution is 7.91. The summed E-state index contributed by atoms with van der Waals surface area (Å²) in [4.78, 5) is 12.4. The minimum Gasteiger partial charge on any atom is -0.352 e. The molecule has 0 bridgehead atoms. The monoisotopic (exact) mass is 349 g/mol. The Labute approximate surface area is 133 Å². The van der Waals surface area contributed by atoms with Crippen molar-refractivity contribution in [2.24, 2.45) is 0 Å². The van der Waals surface area contributed by atoms with E-state index in [9.17, 15) is 26.4 Å². The van der Waals surface area contributed by atoms with Gasteiger partial charge in [-0.25, -0.2) is 8.42 Å². The number of hydrogen-bond acceptors (Lipinski definition) is 3. The molecule has 0 aliphatic carbocycles. The van der Waals surface area contributed by atoms with Gasteiger partial charge in [-0.05, 0) is 31.9 Å². The summed E-state index contributed by atoms with van der Waals surface area (Å²) < 4.78 is 61.3. The van der Waals surface area contributed by atoms with Crippen LogP contribution in [0.15, 0.2) is 24.3 Å². The van der Waals surface area contributed by atoms with Crippen LogP contribution in [0.1, 0.15) is 31.4 Å². The van der Waals surface area contributed by atoms with E-state index in [2.05, 4.69) is 5.32 Å². The quantitative estimate of drug-likeness (QED) is 0.911.